The molecule has 0 bridgehead atoms. The Morgan fingerprint density at radius 2 is 2.00 bits per heavy atom. The quantitative estimate of drug-likeness (QED) is 0.201. The van der Waals surface area contributed by atoms with Gasteiger partial charge in [0.25, 0.3) is 0 Å². The zero-order valence-corrected chi connectivity index (χ0v) is 18.0. The number of benzene rings is 1. The van der Waals surface area contributed by atoms with Crippen molar-refractivity contribution in [3.8, 4) is 11.1 Å². The maximum atomic E-state index is 14.9. The number of piperidine rings is 1. The number of oxime groups is 1. The number of halogens is 1. The van der Waals surface area contributed by atoms with Crippen LogP contribution in [0.4, 0.5) is 10.3 Å². The predicted octanol–water partition coefficient (Wildman–Crippen LogP) is 3.03. The summed E-state index contributed by atoms with van der Waals surface area (Å²) in [6, 6.07) is 4.83. The first-order valence-electron chi connectivity index (χ1n) is 10.5. The Morgan fingerprint density at radius 3 is 2.66 bits per heavy atom. The molecule has 1 aliphatic heterocycles. The zero-order chi connectivity index (χ0) is 22.9. The number of anilines is 1. The van der Waals surface area contributed by atoms with Crippen LogP contribution in [0.1, 0.15) is 38.2 Å². The van der Waals surface area contributed by atoms with Gasteiger partial charge in [0, 0.05) is 55.0 Å². The highest BCUT2D eigenvalue weighted by atomic mass is 19.1. The molecule has 1 saturated heterocycles. The minimum absolute atomic E-state index is 0.219. The number of ether oxygens (including phenoxy) is 1. The third-order valence-electron chi connectivity index (χ3n) is 4.86. The average molecular weight is 442 g/mol. The van der Waals surface area contributed by atoms with Gasteiger partial charge in [0.05, 0.1) is 5.71 Å². The molecule has 170 valence electrons. The Kier molecular flexibility index (Phi) is 8.07. The molecule has 0 aliphatic carbocycles. The smallest absolute Gasteiger partial charge is 0.313 e. The summed E-state index contributed by atoms with van der Waals surface area (Å²) in [7, 11) is 0. The molecule has 2 heterocycles. The summed E-state index contributed by atoms with van der Waals surface area (Å²) in [4.78, 5) is 27.7. The second kappa shape index (κ2) is 11.2. The van der Waals surface area contributed by atoms with E-state index in [1.807, 2.05) is 6.92 Å². The maximum Gasteiger partial charge on any atom is 0.313 e. The van der Waals surface area contributed by atoms with Gasteiger partial charge in [-0.3, -0.25) is 10.2 Å². The lowest BCUT2D eigenvalue weighted by Crippen LogP contribution is -2.35. The van der Waals surface area contributed by atoms with Crippen LogP contribution in [-0.4, -0.2) is 47.2 Å². The highest BCUT2D eigenvalue weighted by Gasteiger charge is 2.19. The molecular formula is C22H27FN6O3. The molecule has 1 aliphatic rings. The molecule has 0 unspecified atom stereocenters. The van der Waals surface area contributed by atoms with Crippen LogP contribution in [0.25, 0.3) is 11.1 Å². The number of aromatic nitrogens is 2. The molecular weight excluding hydrogens is 415 g/mol. The largest absolute Gasteiger partial charge is 0.460 e. The van der Waals surface area contributed by atoms with Crippen molar-refractivity contribution in [2.45, 2.75) is 39.2 Å². The molecule has 0 saturated carbocycles. The van der Waals surface area contributed by atoms with Crippen LogP contribution in [0.3, 0.4) is 0 Å². The number of hydrogen-bond donors (Lipinski definition) is 2. The van der Waals surface area contributed by atoms with Crippen LogP contribution in [0.5, 0.6) is 0 Å². The van der Waals surface area contributed by atoms with E-state index >= 15 is 0 Å². The second-order valence-electron chi connectivity index (χ2n) is 7.39. The molecule has 0 amide bonds. The Bertz CT molecular complexity index is 970. The van der Waals surface area contributed by atoms with Crippen molar-refractivity contribution >= 4 is 23.5 Å². The molecule has 1 aromatic carbocycles. The maximum absolute atomic E-state index is 14.9. The summed E-state index contributed by atoms with van der Waals surface area (Å²) < 4.78 is 19.9. The van der Waals surface area contributed by atoms with Gasteiger partial charge in [-0.25, -0.2) is 14.4 Å². The topological polar surface area (TPSA) is 127 Å². The van der Waals surface area contributed by atoms with E-state index in [1.54, 1.807) is 24.5 Å². The van der Waals surface area contributed by atoms with Crippen molar-refractivity contribution in [3.63, 3.8) is 0 Å². The monoisotopic (exact) mass is 442 g/mol. The van der Waals surface area contributed by atoms with Crippen molar-refractivity contribution < 1.29 is 18.8 Å². The van der Waals surface area contributed by atoms with E-state index in [4.69, 9.17) is 20.7 Å². The van der Waals surface area contributed by atoms with Crippen molar-refractivity contribution in [3.05, 3.63) is 42.0 Å². The number of nitrogens with two attached hydrogens (primary N) is 1. The summed E-state index contributed by atoms with van der Waals surface area (Å²) in [5, 5.41) is 11.3. The van der Waals surface area contributed by atoms with Crippen LogP contribution >= 0.6 is 0 Å². The number of amidine groups is 1. The van der Waals surface area contributed by atoms with Gasteiger partial charge < -0.3 is 20.2 Å². The minimum Gasteiger partial charge on any atom is -0.460 e. The summed E-state index contributed by atoms with van der Waals surface area (Å²) in [5.41, 5.74) is 7.27. The van der Waals surface area contributed by atoms with Gasteiger partial charge in [-0.2, -0.15) is 0 Å². The molecule has 2 aromatic rings. The average Bonchev–Trinajstić information content (AvgIpc) is 2.79. The molecule has 32 heavy (non-hydrogen) atoms. The van der Waals surface area contributed by atoms with E-state index in [9.17, 15) is 9.18 Å². The third kappa shape index (κ3) is 6.22. The van der Waals surface area contributed by atoms with E-state index in [-0.39, 0.29) is 24.4 Å². The van der Waals surface area contributed by atoms with Crippen LogP contribution in [0, 0.1) is 11.2 Å². The van der Waals surface area contributed by atoms with Crippen LogP contribution < -0.4 is 10.6 Å². The lowest BCUT2D eigenvalue weighted by molar-refractivity contribution is -0.143. The molecule has 9 nitrogen and oxygen atoms in total. The molecule has 1 fully saturated rings. The van der Waals surface area contributed by atoms with Gasteiger partial charge in [-0.05, 0) is 6.42 Å². The normalized spacial score (nSPS) is 13.6. The standard InChI is InChI=1S/C22H27FN6O3/c1-2-10-32-28-17-6-8-29(9-7-17)22-26-12-16(13-27-22)18-5-3-4-15(21(18)23)14-31-20(30)11-19(24)25/h3-5,12-13H,2,6-11,14H2,1H3,(H3,24,25). The molecule has 1 aromatic heterocycles. The molecule has 0 atom stereocenters. The Hall–Kier alpha value is -3.56. The highest BCUT2D eigenvalue weighted by molar-refractivity contribution is 5.94. The molecule has 3 rings (SSSR count). The lowest BCUT2D eigenvalue weighted by atomic mass is 10.0. The van der Waals surface area contributed by atoms with Gasteiger partial charge >= 0.3 is 5.97 Å². The summed E-state index contributed by atoms with van der Waals surface area (Å²) >= 11 is 0. The molecule has 0 spiro atoms. The van der Waals surface area contributed by atoms with Gasteiger partial charge in [0.15, 0.2) is 0 Å². The number of esters is 1. The SMILES string of the molecule is CCCON=C1CCN(c2ncc(-c3cccc(COC(=O)CC(=N)N)c3F)cn2)CC1. The molecule has 3 N–H and O–H groups in total. The van der Waals surface area contributed by atoms with E-state index in [1.165, 1.54) is 6.07 Å². The predicted molar refractivity (Wildman–Crippen MR) is 119 cm³/mol. The first-order chi connectivity index (χ1) is 15.5. The Balaban J connectivity index is 1.63. The number of hydrogen-bond acceptors (Lipinski definition) is 8. The molecule has 10 heteroatoms. The Morgan fingerprint density at radius 1 is 1.28 bits per heavy atom. The van der Waals surface area contributed by atoms with Crippen molar-refractivity contribution in [2.75, 3.05) is 24.6 Å². The van der Waals surface area contributed by atoms with Gasteiger partial charge in [0.1, 0.15) is 31.3 Å². The van der Waals surface area contributed by atoms with Crippen LogP contribution in [-0.2, 0) is 21.0 Å². The van der Waals surface area contributed by atoms with Crippen molar-refractivity contribution in [1.29, 1.82) is 5.41 Å². The number of rotatable bonds is 9. The Labute approximate surface area is 185 Å². The van der Waals surface area contributed by atoms with Crippen LogP contribution in [0.15, 0.2) is 35.7 Å². The fraction of sp³-hybridized carbons (Fsp3) is 0.409. The highest BCUT2D eigenvalue weighted by Crippen LogP contribution is 2.26. The zero-order valence-electron chi connectivity index (χ0n) is 18.0. The van der Waals surface area contributed by atoms with Crippen molar-refractivity contribution in [2.24, 2.45) is 10.9 Å². The van der Waals surface area contributed by atoms with Crippen molar-refractivity contribution in [1.82, 2.24) is 9.97 Å². The van der Waals surface area contributed by atoms with Gasteiger partial charge in [-0.1, -0.05) is 30.3 Å². The summed E-state index contributed by atoms with van der Waals surface area (Å²) in [5.74, 6) is -0.910. The second-order valence-corrected chi connectivity index (χ2v) is 7.39. The first kappa shape index (κ1) is 23.1. The fourth-order valence-electron chi connectivity index (χ4n) is 3.19. The number of nitrogens with one attached hydrogen (secondary N) is 1. The number of nitrogens with zero attached hydrogens (tertiary/aromatic N) is 4. The van der Waals surface area contributed by atoms with E-state index in [0.29, 0.717) is 23.7 Å². The van der Waals surface area contributed by atoms with Gasteiger partial charge in [0.2, 0.25) is 5.95 Å². The summed E-state index contributed by atoms with van der Waals surface area (Å²) in [6.07, 6.45) is 5.34. The molecule has 0 radical (unpaired) electrons. The fourth-order valence-corrected chi connectivity index (χ4v) is 3.19. The van der Waals surface area contributed by atoms with E-state index < -0.39 is 11.8 Å². The van der Waals surface area contributed by atoms with Crippen LogP contribution in [0.2, 0.25) is 0 Å². The number of carbonyl (C=O) groups is 1. The lowest BCUT2D eigenvalue weighted by Gasteiger charge is -2.27. The third-order valence-corrected chi connectivity index (χ3v) is 4.86. The first-order valence-corrected chi connectivity index (χ1v) is 10.5. The van der Waals surface area contributed by atoms with E-state index in [2.05, 4.69) is 20.0 Å². The van der Waals surface area contributed by atoms with Gasteiger partial charge in [-0.15, -0.1) is 0 Å². The summed E-state index contributed by atoms with van der Waals surface area (Å²) in [6.45, 7) is 3.89. The van der Waals surface area contributed by atoms with E-state index in [0.717, 1.165) is 38.1 Å². The number of carbonyl (C=O) groups excluding carboxylic acids is 1. The minimum atomic E-state index is -0.679.